The predicted molar refractivity (Wildman–Crippen MR) is 123 cm³/mol. The Morgan fingerprint density at radius 2 is 1.69 bits per heavy atom. The summed E-state index contributed by atoms with van der Waals surface area (Å²) in [6, 6.07) is 12.6. The number of nitrogens with zero attached hydrogens (tertiary/aromatic N) is 2. The molecule has 2 aromatic rings. The van der Waals surface area contributed by atoms with Gasteiger partial charge in [0.1, 0.15) is 4.32 Å². The summed E-state index contributed by atoms with van der Waals surface area (Å²) in [6.45, 7) is 4.16. The first-order valence-corrected chi connectivity index (χ1v) is 10.6. The second kappa shape index (κ2) is 7.95. The number of rotatable bonds is 4. The molecular weight excluding hydrogens is 447 g/mol. The molecule has 0 N–H and O–H groups in total. The lowest BCUT2D eigenvalue weighted by Gasteiger charge is -2.19. The van der Waals surface area contributed by atoms with Gasteiger partial charge >= 0.3 is 0 Å². The molecule has 2 aliphatic rings. The molecule has 2 heterocycles. The zero-order valence-electron chi connectivity index (χ0n) is 15.0. The maximum Gasteiger partial charge on any atom is 0.267 e. The van der Waals surface area contributed by atoms with Crippen LogP contribution in [-0.2, 0) is 16.1 Å². The summed E-state index contributed by atoms with van der Waals surface area (Å²) in [5.41, 5.74) is 2.41. The van der Waals surface area contributed by atoms with Crippen molar-refractivity contribution in [3.05, 3.63) is 81.2 Å². The fourth-order valence-electron chi connectivity index (χ4n) is 3.33. The zero-order chi connectivity index (χ0) is 20.7. The van der Waals surface area contributed by atoms with Crippen molar-refractivity contribution in [2.75, 3.05) is 11.4 Å². The van der Waals surface area contributed by atoms with E-state index in [1.807, 2.05) is 24.3 Å². The third kappa shape index (κ3) is 3.40. The minimum atomic E-state index is -0.282. The van der Waals surface area contributed by atoms with Crippen molar-refractivity contribution >= 4 is 74.6 Å². The molecule has 0 saturated carbocycles. The van der Waals surface area contributed by atoms with Crippen molar-refractivity contribution < 1.29 is 9.59 Å². The monoisotopic (exact) mass is 460 g/mol. The fourth-order valence-corrected chi connectivity index (χ4v) is 5.20. The van der Waals surface area contributed by atoms with Gasteiger partial charge in [-0.05, 0) is 18.2 Å². The van der Waals surface area contributed by atoms with E-state index in [4.69, 9.17) is 35.4 Å². The van der Waals surface area contributed by atoms with E-state index in [0.717, 1.165) is 11.8 Å². The van der Waals surface area contributed by atoms with Gasteiger partial charge in [-0.25, -0.2) is 0 Å². The number of hydrogen-bond acceptors (Lipinski definition) is 4. The topological polar surface area (TPSA) is 40.6 Å². The van der Waals surface area contributed by atoms with Crippen molar-refractivity contribution in [2.45, 2.75) is 6.54 Å². The number of thiocarbonyl (C=S) groups is 1. The Kier molecular flexibility index (Phi) is 5.53. The summed E-state index contributed by atoms with van der Waals surface area (Å²) in [6.07, 6.45) is 1.61. The first kappa shape index (κ1) is 20.2. The van der Waals surface area contributed by atoms with Crippen LogP contribution in [0.5, 0.6) is 0 Å². The number of halogens is 2. The molecule has 0 spiro atoms. The number of anilines is 1. The van der Waals surface area contributed by atoms with E-state index in [9.17, 15) is 9.59 Å². The number of thioether (sulfide) groups is 1. The first-order valence-electron chi connectivity index (χ1n) is 8.67. The Morgan fingerprint density at radius 3 is 2.38 bits per heavy atom. The Labute approximate surface area is 187 Å². The summed E-state index contributed by atoms with van der Waals surface area (Å²) < 4.78 is 0.412. The van der Waals surface area contributed by atoms with E-state index in [0.29, 0.717) is 48.2 Å². The maximum atomic E-state index is 13.4. The van der Waals surface area contributed by atoms with E-state index in [1.54, 1.807) is 29.2 Å². The van der Waals surface area contributed by atoms with Crippen LogP contribution in [0.1, 0.15) is 11.1 Å². The Bertz CT molecular complexity index is 1090. The molecule has 1 saturated heterocycles. The van der Waals surface area contributed by atoms with Crippen LogP contribution in [0.4, 0.5) is 5.69 Å². The Morgan fingerprint density at radius 1 is 1.00 bits per heavy atom. The smallest absolute Gasteiger partial charge is 0.267 e. The van der Waals surface area contributed by atoms with Crippen LogP contribution in [0.25, 0.3) is 5.57 Å². The summed E-state index contributed by atoms with van der Waals surface area (Å²) >= 11 is 19.1. The molecule has 29 heavy (non-hydrogen) atoms. The van der Waals surface area contributed by atoms with Crippen LogP contribution in [0.2, 0.25) is 10.0 Å². The number of fused-ring (bicyclic) bond motifs is 1. The van der Waals surface area contributed by atoms with E-state index < -0.39 is 0 Å². The van der Waals surface area contributed by atoms with Gasteiger partial charge < -0.3 is 4.90 Å². The number of hydrogen-bond donors (Lipinski definition) is 0. The lowest BCUT2D eigenvalue weighted by molar-refractivity contribution is -0.122. The van der Waals surface area contributed by atoms with Gasteiger partial charge in [0.15, 0.2) is 0 Å². The van der Waals surface area contributed by atoms with Crippen molar-refractivity contribution in [3.63, 3.8) is 0 Å². The van der Waals surface area contributed by atoms with Crippen LogP contribution in [-0.4, -0.2) is 27.6 Å². The number of amides is 2. The standard InChI is InChI=1S/C21H14Cl2N2O2S2/c1-2-10-24-20(27)18(29-21(24)28)17-12-6-3-4-9-16(12)25(19(17)26)11-13-14(22)7-5-8-15(13)23/h2-9H,1,10-11H2/b18-17+. The van der Waals surface area contributed by atoms with Gasteiger partial charge in [-0.1, -0.05) is 77.5 Å². The predicted octanol–water partition coefficient (Wildman–Crippen LogP) is 5.30. The van der Waals surface area contributed by atoms with Crippen molar-refractivity contribution in [1.82, 2.24) is 4.90 Å². The largest absolute Gasteiger partial charge is 0.303 e. The van der Waals surface area contributed by atoms with Gasteiger partial charge in [0.2, 0.25) is 0 Å². The molecule has 0 unspecified atom stereocenters. The zero-order valence-corrected chi connectivity index (χ0v) is 18.2. The number of carbonyl (C=O) groups is 2. The van der Waals surface area contributed by atoms with Gasteiger partial charge in [-0.2, -0.15) is 0 Å². The number of benzene rings is 2. The third-order valence-corrected chi connectivity index (χ3v) is 6.85. The highest BCUT2D eigenvalue weighted by Gasteiger charge is 2.41. The van der Waals surface area contributed by atoms with Crippen LogP contribution in [0.15, 0.2) is 60.0 Å². The van der Waals surface area contributed by atoms with Crippen molar-refractivity contribution in [2.24, 2.45) is 0 Å². The lowest BCUT2D eigenvalue weighted by Crippen LogP contribution is -2.29. The first-order chi connectivity index (χ1) is 13.9. The molecule has 2 amide bonds. The average Bonchev–Trinajstić information content (AvgIpc) is 3.12. The summed E-state index contributed by atoms with van der Waals surface area (Å²) in [5.74, 6) is -0.558. The SMILES string of the molecule is C=CCN1C(=O)/C(=C2\C(=O)N(Cc3c(Cl)cccc3Cl)c3ccccc32)SC1=S. The molecule has 2 aromatic carbocycles. The molecule has 2 aliphatic heterocycles. The van der Waals surface area contributed by atoms with Crippen LogP contribution in [0.3, 0.4) is 0 Å². The number of carbonyl (C=O) groups excluding carboxylic acids is 2. The van der Waals surface area contributed by atoms with Gasteiger partial charge in [0, 0.05) is 27.7 Å². The highest BCUT2D eigenvalue weighted by Crippen LogP contribution is 2.45. The molecule has 1 fully saturated rings. The molecule has 146 valence electrons. The summed E-state index contributed by atoms with van der Waals surface area (Å²) in [5, 5.41) is 0.960. The highest BCUT2D eigenvalue weighted by atomic mass is 35.5. The second-order valence-corrected chi connectivity index (χ2v) is 8.84. The van der Waals surface area contributed by atoms with E-state index in [-0.39, 0.29) is 18.4 Å². The minimum Gasteiger partial charge on any atom is -0.303 e. The quantitative estimate of drug-likeness (QED) is 0.352. The molecule has 0 aromatic heterocycles. The van der Waals surface area contributed by atoms with Gasteiger partial charge in [0.25, 0.3) is 11.8 Å². The second-order valence-electron chi connectivity index (χ2n) is 6.39. The van der Waals surface area contributed by atoms with Crippen molar-refractivity contribution in [1.29, 1.82) is 0 Å². The molecular formula is C21H14Cl2N2O2S2. The van der Waals surface area contributed by atoms with E-state index in [1.165, 1.54) is 4.90 Å². The van der Waals surface area contributed by atoms with Crippen molar-refractivity contribution in [3.8, 4) is 0 Å². The van der Waals surface area contributed by atoms with E-state index >= 15 is 0 Å². The Balaban J connectivity index is 1.81. The van der Waals surface area contributed by atoms with Gasteiger partial charge in [0.05, 0.1) is 22.7 Å². The van der Waals surface area contributed by atoms with Gasteiger partial charge in [-0.3, -0.25) is 14.5 Å². The van der Waals surface area contributed by atoms with Crippen LogP contribution >= 0.6 is 47.2 Å². The van der Waals surface area contributed by atoms with E-state index in [2.05, 4.69) is 6.58 Å². The molecule has 0 atom stereocenters. The average molecular weight is 461 g/mol. The minimum absolute atomic E-state index is 0.199. The van der Waals surface area contributed by atoms with Crippen LogP contribution in [0, 0.1) is 0 Å². The summed E-state index contributed by atoms with van der Waals surface area (Å²) in [4.78, 5) is 29.7. The third-order valence-electron chi connectivity index (χ3n) is 4.69. The Hall–Kier alpha value is -2.12. The van der Waals surface area contributed by atoms with Crippen LogP contribution < -0.4 is 4.90 Å². The molecule has 4 nitrogen and oxygen atoms in total. The summed E-state index contributed by atoms with van der Waals surface area (Å²) in [7, 11) is 0. The fraction of sp³-hybridized carbons (Fsp3) is 0.0952. The molecule has 0 bridgehead atoms. The number of para-hydroxylation sites is 1. The molecule has 8 heteroatoms. The van der Waals surface area contributed by atoms with Gasteiger partial charge in [-0.15, -0.1) is 6.58 Å². The molecule has 0 aliphatic carbocycles. The normalized spacial score (nSPS) is 18.6. The molecule has 0 radical (unpaired) electrons. The molecule has 4 rings (SSSR count). The lowest BCUT2D eigenvalue weighted by atomic mass is 10.1. The highest BCUT2D eigenvalue weighted by molar-refractivity contribution is 8.26. The maximum absolute atomic E-state index is 13.4.